The van der Waals surface area contributed by atoms with E-state index in [4.69, 9.17) is 9.47 Å². The Labute approximate surface area is 148 Å². The summed E-state index contributed by atoms with van der Waals surface area (Å²) < 4.78 is 10.5. The molecule has 0 bridgehead atoms. The van der Waals surface area contributed by atoms with Gasteiger partial charge in [-0.05, 0) is 37.0 Å². The number of piperidine rings is 1. The highest BCUT2D eigenvalue weighted by Crippen LogP contribution is 2.35. The number of ether oxygens (including phenoxy) is 2. The minimum atomic E-state index is -0.923. The van der Waals surface area contributed by atoms with Crippen molar-refractivity contribution in [3.8, 4) is 11.5 Å². The number of methoxy groups -OCH3 is 2. The Hall–Kier alpha value is -2.50. The second-order valence-corrected chi connectivity index (χ2v) is 6.36. The number of carboxylic acids is 1. The minimum Gasteiger partial charge on any atom is -0.493 e. The summed E-state index contributed by atoms with van der Waals surface area (Å²) in [4.78, 5) is 26.1. The van der Waals surface area contributed by atoms with E-state index in [1.807, 2.05) is 6.07 Å². The van der Waals surface area contributed by atoms with E-state index < -0.39 is 11.4 Å². The zero-order valence-corrected chi connectivity index (χ0v) is 14.8. The topological polar surface area (TPSA) is 76.1 Å². The van der Waals surface area contributed by atoms with Crippen molar-refractivity contribution in [2.24, 2.45) is 5.41 Å². The molecule has 1 heterocycles. The fraction of sp³-hybridized carbons (Fsp3) is 0.474. The molecule has 0 unspecified atom stereocenters. The van der Waals surface area contributed by atoms with Crippen LogP contribution < -0.4 is 9.47 Å². The zero-order valence-electron chi connectivity index (χ0n) is 14.8. The molecule has 1 aliphatic heterocycles. The number of nitrogens with zero attached hydrogens (tertiary/aromatic N) is 1. The number of carbonyl (C=O) groups excluding carboxylic acids is 1. The largest absolute Gasteiger partial charge is 0.493 e. The molecule has 2 rings (SSSR count). The van der Waals surface area contributed by atoms with Crippen LogP contribution in [0.2, 0.25) is 0 Å². The van der Waals surface area contributed by atoms with Crippen molar-refractivity contribution in [2.45, 2.75) is 25.7 Å². The van der Waals surface area contributed by atoms with Crippen LogP contribution in [0.4, 0.5) is 0 Å². The van der Waals surface area contributed by atoms with Gasteiger partial charge in [-0.3, -0.25) is 9.59 Å². The fourth-order valence-electron chi connectivity index (χ4n) is 3.33. The van der Waals surface area contributed by atoms with Crippen LogP contribution in [0, 0.1) is 5.41 Å². The molecule has 1 aliphatic rings. The lowest BCUT2D eigenvalue weighted by Gasteiger charge is -2.39. The second kappa shape index (κ2) is 8.05. The first kappa shape index (κ1) is 18.8. The Morgan fingerprint density at radius 3 is 2.64 bits per heavy atom. The SMILES string of the molecule is C=CC[C@@]1(C(=O)O)CCCN(C(=O)Cc2ccc(OC)c(OC)c2)C1. The maximum Gasteiger partial charge on any atom is 0.311 e. The predicted molar refractivity (Wildman–Crippen MR) is 93.9 cm³/mol. The lowest BCUT2D eigenvalue weighted by molar-refractivity contribution is -0.154. The Bertz CT molecular complexity index is 657. The Kier molecular flexibility index (Phi) is 6.07. The third-order valence-corrected chi connectivity index (χ3v) is 4.72. The van der Waals surface area contributed by atoms with Crippen molar-refractivity contribution in [1.82, 2.24) is 4.90 Å². The van der Waals surface area contributed by atoms with E-state index in [9.17, 15) is 14.7 Å². The Morgan fingerprint density at radius 2 is 2.04 bits per heavy atom. The van der Waals surface area contributed by atoms with Crippen LogP contribution in [0.15, 0.2) is 30.9 Å². The molecule has 1 fully saturated rings. The first-order chi connectivity index (χ1) is 12.0. The summed E-state index contributed by atoms with van der Waals surface area (Å²) in [6.07, 6.45) is 3.43. The van der Waals surface area contributed by atoms with Crippen molar-refractivity contribution >= 4 is 11.9 Å². The van der Waals surface area contributed by atoms with Gasteiger partial charge < -0.3 is 19.5 Å². The van der Waals surface area contributed by atoms with Crippen molar-refractivity contribution < 1.29 is 24.2 Å². The molecule has 6 nitrogen and oxygen atoms in total. The molecular weight excluding hydrogens is 322 g/mol. The van der Waals surface area contributed by atoms with Gasteiger partial charge in [-0.15, -0.1) is 6.58 Å². The van der Waals surface area contributed by atoms with Gasteiger partial charge in [-0.1, -0.05) is 12.1 Å². The standard InChI is InChI=1S/C19H25NO5/c1-4-8-19(18(22)23)9-5-10-20(13-19)17(21)12-14-6-7-15(24-2)16(11-14)25-3/h4,6-7,11H,1,5,8-10,12-13H2,2-3H3,(H,22,23)/t19-/m1/s1. The summed E-state index contributed by atoms with van der Waals surface area (Å²) in [7, 11) is 3.10. The lowest BCUT2D eigenvalue weighted by atomic mass is 9.77. The lowest BCUT2D eigenvalue weighted by Crippen LogP contribution is -2.50. The van der Waals surface area contributed by atoms with E-state index >= 15 is 0 Å². The van der Waals surface area contributed by atoms with Crippen molar-refractivity contribution in [3.63, 3.8) is 0 Å². The number of allylic oxidation sites excluding steroid dienone is 1. The summed E-state index contributed by atoms with van der Waals surface area (Å²) in [5, 5.41) is 9.62. The van der Waals surface area contributed by atoms with Crippen LogP contribution in [0.5, 0.6) is 11.5 Å². The molecule has 1 atom stereocenters. The average Bonchev–Trinajstić information content (AvgIpc) is 2.61. The van der Waals surface area contributed by atoms with Gasteiger partial charge in [-0.25, -0.2) is 0 Å². The first-order valence-electron chi connectivity index (χ1n) is 8.28. The molecule has 0 saturated carbocycles. The Balaban J connectivity index is 2.12. The number of aliphatic carboxylic acids is 1. The van der Waals surface area contributed by atoms with E-state index in [0.29, 0.717) is 37.3 Å². The smallest absolute Gasteiger partial charge is 0.311 e. The summed E-state index contributed by atoms with van der Waals surface area (Å²) in [6.45, 7) is 4.47. The molecule has 1 N–H and O–H groups in total. The van der Waals surface area contributed by atoms with Crippen LogP contribution in [0.25, 0.3) is 0 Å². The van der Waals surface area contributed by atoms with Gasteiger partial charge in [0.05, 0.1) is 26.1 Å². The van der Waals surface area contributed by atoms with Crippen molar-refractivity contribution in [1.29, 1.82) is 0 Å². The number of likely N-dealkylation sites (tertiary alicyclic amines) is 1. The fourth-order valence-corrected chi connectivity index (χ4v) is 3.33. The quantitative estimate of drug-likeness (QED) is 0.767. The highest BCUT2D eigenvalue weighted by molar-refractivity contribution is 5.81. The van der Waals surface area contributed by atoms with E-state index in [2.05, 4.69) is 6.58 Å². The summed E-state index contributed by atoms with van der Waals surface area (Å²) in [6, 6.07) is 5.35. The molecule has 136 valence electrons. The van der Waals surface area contributed by atoms with Crippen molar-refractivity contribution in [3.05, 3.63) is 36.4 Å². The third kappa shape index (κ3) is 4.13. The number of amides is 1. The van der Waals surface area contributed by atoms with Crippen molar-refractivity contribution in [2.75, 3.05) is 27.3 Å². The summed E-state index contributed by atoms with van der Waals surface area (Å²) in [5.41, 5.74) is -0.120. The number of carboxylic acid groups (broad SMARTS) is 1. The molecule has 0 aliphatic carbocycles. The number of rotatable bonds is 7. The van der Waals surface area contributed by atoms with Gasteiger partial charge in [0.15, 0.2) is 11.5 Å². The molecule has 0 aromatic heterocycles. The normalized spacial score (nSPS) is 20.0. The molecule has 1 saturated heterocycles. The average molecular weight is 347 g/mol. The van der Waals surface area contributed by atoms with Gasteiger partial charge in [0.25, 0.3) is 0 Å². The summed E-state index contributed by atoms with van der Waals surface area (Å²) in [5.74, 6) is 0.225. The maximum atomic E-state index is 12.7. The van der Waals surface area contributed by atoms with Crippen LogP contribution in [-0.2, 0) is 16.0 Å². The predicted octanol–water partition coefficient (Wildman–Crippen LogP) is 2.52. The second-order valence-electron chi connectivity index (χ2n) is 6.36. The molecule has 0 spiro atoms. The van der Waals surface area contributed by atoms with Gasteiger partial charge in [0, 0.05) is 13.1 Å². The van der Waals surface area contributed by atoms with E-state index in [-0.39, 0.29) is 18.9 Å². The molecule has 25 heavy (non-hydrogen) atoms. The number of benzene rings is 1. The Morgan fingerprint density at radius 1 is 1.32 bits per heavy atom. The van der Waals surface area contributed by atoms with E-state index in [1.165, 1.54) is 0 Å². The minimum absolute atomic E-state index is 0.0818. The van der Waals surface area contributed by atoms with E-state index in [1.54, 1.807) is 37.3 Å². The van der Waals surface area contributed by atoms with Crippen LogP contribution in [0.1, 0.15) is 24.8 Å². The number of hydrogen-bond donors (Lipinski definition) is 1. The van der Waals surface area contributed by atoms with Gasteiger partial charge in [0.2, 0.25) is 5.91 Å². The molecule has 0 radical (unpaired) electrons. The molecule has 1 aromatic rings. The molecule has 1 aromatic carbocycles. The van der Waals surface area contributed by atoms with Crippen LogP contribution >= 0.6 is 0 Å². The zero-order chi connectivity index (χ0) is 18.4. The van der Waals surface area contributed by atoms with Gasteiger partial charge in [-0.2, -0.15) is 0 Å². The first-order valence-corrected chi connectivity index (χ1v) is 8.28. The highest BCUT2D eigenvalue weighted by atomic mass is 16.5. The molecule has 6 heteroatoms. The molecular formula is C19H25NO5. The van der Waals surface area contributed by atoms with Crippen LogP contribution in [0.3, 0.4) is 0 Å². The van der Waals surface area contributed by atoms with Gasteiger partial charge >= 0.3 is 5.97 Å². The maximum absolute atomic E-state index is 12.7. The molecule has 1 amide bonds. The third-order valence-electron chi connectivity index (χ3n) is 4.72. The van der Waals surface area contributed by atoms with Crippen LogP contribution in [-0.4, -0.2) is 49.2 Å². The van der Waals surface area contributed by atoms with E-state index in [0.717, 1.165) is 5.56 Å². The monoisotopic (exact) mass is 347 g/mol. The summed E-state index contributed by atoms with van der Waals surface area (Å²) >= 11 is 0. The number of hydrogen-bond acceptors (Lipinski definition) is 4. The number of carbonyl (C=O) groups is 2. The highest BCUT2D eigenvalue weighted by Gasteiger charge is 2.42. The van der Waals surface area contributed by atoms with Gasteiger partial charge in [0.1, 0.15) is 0 Å².